The first-order chi connectivity index (χ1) is 13.4. The molecule has 0 radical (unpaired) electrons. The van der Waals surface area contributed by atoms with Gasteiger partial charge in [-0.25, -0.2) is 0 Å². The van der Waals surface area contributed by atoms with Crippen molar-refractivity contribution in [1.29, 1.82) is 0 Å². The minimum Gasteiger partial charge on any atom is -0.465 e. The molecule has 0 aliphatic rings. The maximum atomic E-state index is 12.1. The van der Waals surface area contributed by atoms with Crippen LogP contribution in [0.3, 0.4) is 0 Å². The van der Waals surface area contributed by atoms with Gasteiger partial charge >= 0.3 is 5.97 Å². The normalized spacial score (nSPS) is 12.8. The van der Waals surface area contributed by atoms with E-state index in [4.69, 9.17) is 4.74 Å². The van der Waals surface area contributed by atoms with Crippen molar-refractivity contribution in [3.05, 3.63) is 0 Å². The molecule has 0 heterocycles. The molecule has 0 aliphatic heterocycles. The van der Waals surface area contributed by atoms with Gasteiger partial charge in [0.2, 0.25) is 0 Å². The van der Waals surface area contributed by atoms with Gasteiger partial charge in [-0.2, -0.15) is 8.42 Å². The summed E-state index contributed by atoms with van der Waals surface area (Å²) in [6, 6.07) is 0. The highest BCUT2D eigenvalue weighted by molar-refractivity contribution is 7.87. The highest BCUT2D eigenvalue weighted by atomic mass is 32.2. The van der Waals surface area contributed by atoms with Crippen LogP contribution in [0.5, 0.6) is 0 Å². The van der Waals surface area contributed by atoms with Crippen LogP contribution in [0.2, 0.25) is 0 Å². The van der Waals surface area contributed by atoms with Crippen molar-refractivity contribution >= 4 is 16.1 Å². The molecule has 0 fully saturated rings. The lowest BCUT2D eigenvalue weighted by Gasteiger charge is -2.13. The molecule has 0 rings (SSSR count). The number of carbonyl (C=O) groups is 1. The molecule has 0 bridgehead atoms. The topological polar surface area (TPSA) is 80.7 Å². The van der Waals surface area contributed by atoms with Crippen LogP contribution in [0.4, 0.5) is 0 Å². The molecule has 0 aliphatic carbocycles. The summed E-state index contributed by atoms with van der Waals surface area (Å²) in [5.74, 6) is -0.799. The molecule has 0 aromatic carbocycles. The van der Waals surface area contributed by atoms with Crippen molar-refractivity contribution in [2.45, 2.75) is 128 Å². The third-order valence-electron chi connectivity index (χ3n) is 5.18. The fourth-order valence-corrected chi connectivity index (χ4v) is 4.13. The van der Waals surface area contributed by atoms with E-state index in [-0.39, 0.29) is 13.0 Å². The average Bonchev–Trinajstić information content (AvgIpc) is 2.64. The van der Waals surface area contributed by atoms with Gasteiger partial charge in [0.15, 0.2) is 5.25 Å². The van der Waals surface area contributed by atoms with Gasteiger partial charge in [-0.3, -0.25) is 9.35 Å². The van der Waals surface area contributed by atoms with Crippen LogP contribution in [0, 0.1) is 0 Å². The van der Waals surface area contributed by atoms with E-state index in [0.29, 0.717) is 6.42 Å². The fraction of sp³-hybridized carbons (Fsp3) is 0.955. The molecule has 1 N–H and O–H groups in total. The standard InChI is InChI=1S/C22H44O5S/c1-3-5-7-9-11-12-13-14-16-18-20-27-22(23)21(28(24,25)26)19-17-15-10-8-6-4-2/h21H,3-20H2,1-2H3,(H,24,25,26). The third-order valence-corrected chi connectivity index (χ3v) is 6.33. The molecule has 0 saturated heterocycles. The smallest absolute Gasteiger partial charge is 0.326 e. The first kappa shape index (κ1) is 27.4. The van der Waals surface area contributed by atoms with E-state index in [1.807, 2.05) is 0 Å². The number of rotatable bonds is 20. The zero-order valence-corrected chi connectivity index (χ0v) is 19.1. The van der Waals surface area contributed by atoms with E-state index in [0.717, 1.165) is 44.9 Å². The van der Waals surface area contributed by atoms with E-state index in [1.54, 1.807) is 0 Å². The molecule has 1 atom stereocenters. The maximum Gasteiger partial charge on any atom is 0.326 e. The number of ether oxygens (including phenoxy) is 1. The van der Waals surface area contributed by atoms with Crippen molar-refractivity contribution in [2.24, 2.45) is 0 Å². The lowest BCUT2D eigenvalue weighted by atomic mass is 10.1. The second-order valence-electron chi connectivity index (χ2n) is 7.91. The maximum absolute atomic E-state index is 12.1. The molecular formula is C22H44O5S. The van der Waals surface area contributed by atoms with Crippen LogP contribution in [-0.4, -0.2) is 30.8 Å². The van der Waals surface area contributed by atoms with Gasteiger partial charge in [0, 0.05) is 0 Å². The first-order valence-electron chi connectivity index (χ1n) is 11.6. The van der Waals surface area contributed by atoms with Crippen molar-refractivity contribution in [2.75, 3.05) is 6.61 Å². The van der Waals surface area contributed by atoms with E-state index >= 15 is 0 Å². The Morgan fingerprint density at radius 2 is 1.11 bits per heavy atom. The molecular weight excluding hydrogens is 376 g/mol. The molecule has 0 amide bonds. The number of unbranched alkanes of at least 4 members (excludes halogenated alkanes) is 14. The van der Waals surface area contributed by atoms with Gasteiger partial charge in [-0.15, -0.1) is 0 Å². The number of carbonyl (C=O) groups excluding carboxylic acids is 1. The molecule has 0 aromatic heterocycles. The molecule has 168 valence electrons. The average molecular weight is 421 g/mol. The summed E-state index contributed by atoms with van der Waals surface area (Å²) < 4.78 is 37.4. The van der Waals surface area contributed by atoms with Crippen LogP contribution in [0.1, 0.15) is 123 Å². The number of hydrogen-bond donors (Lipinski definition) is 1. The van der Waals surface area contributed by atoms with E-state index < -0.39 is 21.3 Å². The van der Waals surface area contributed by atoms with Crippen LogP contribution in [0.25, 0.3) is 0 Å². The largest absolute Gasteiger partial charge is 0.465 e. The predicted molar refractivity (Wildman–Crippen MR) is 116 cm³/mol. The Labute approximate surface area is 173 Å². The first-order valence-corrected chi connectivity index (χ1v) is 13.1. The molecule has 0 spiro atoms. The zero-order valence-electron chi connectivity index (χ0n) is 18.3. The van der Waals surface area contributed by atoms with Crippen LogP contribution >= 0.6 is 0 Å². The van der Waals surface area contributed by atoms with Gasteiger partial charge in [0.05, 0.1) is 6.61 Å². The monoisotopic (exact) mass is 420 g/mol. The number of esters is 1. The van der Waals surface area contributed by atoms with Crippen LogP contribution in [-0.2, 0) is 19.6 Å². The summed E-state index contributed by atoms with van der Waals surface area (Å²) in [5.41, 5.74) is 0. The quantitative estimate of drug-likeness (QED) is 0.139. The van der Waals surface area contributed by atoms with Crippen molar-refractivity contribution < 1.29 is 22.5 Å². The molecule has 0 aromatic rings. The number of hydrogen-bond acceptors (Lipinski definition) is 4. The Kier molecular flexibility index (Phi) is 18.0. The molecule has 0 saturated carbocycles. The SMILES string of the molecule is CCCCCCCCCCCCOC(=O)C(CCCCCCCC)S(=O)(=O)O. The van der Waals surface area contributed by atoms with Gasteiger partial charge in [-0.1, -0.05) is 110 Å². The Morgan fingerprint density at radius 1 is 0.714 bits per heavy atom. The van der Waals surface area contributed by atoms with E-state index in [1.165, 1.54) is 51.4 Å². The van der Waals surface area contributed by atoms with Gasteiger partial charge < -0.3 is 4.74 Å². The van der Waals surface area contributed by atoms with Crippen molar-refractivity contribution in [3.63, 3.8) is 0 Å². The summed E-state index contributed by atoms with van der Waals surface area (Å²) in [6.45, 7) is 4.59. The highest BCUT2D eigenvalue weighted by Gasteiger charge is 2.31. The molecule has 1 unspecified atom stereocenters. The van der Waals surface area contributed by atoms with Crippen LogP contribution in [0.15, 0.2) is 0 Å². The second kappa shape index (κ2) is 18.4. The summed E-state index contributed by atoms with van der Waals surface area (Å²) in [7, 11) is -4.40. The van der Waals surface area contributed by atoms with E-state index in [2.05, 4.69) is 13.8 Å². The van der Waals surface area contributed by atoms with Crippen molar-refractivity contribution in [1.82, 2.24) is 0 Å². The fourth-order valence-electron chi connectivity index (χ4n) is 3.35. The Hall–Kier alpha value is -0.620. The summed E-state index contributed by atoms with van der Waals surface area (Å²) >= 11 is 0. The van der Waals surface area contributed by atoms with Crippen LogP contribution < -0.4 is 0 Å². The van der Waals surface area contributed by atoms with Gasteiger partial charge in [0.25, 0.3) is 10.1 Å². The van der Waals surface area contributed by atoms with E-state index in [9.17, 15) is 17.8 Å². The minimum atomic E-state index is -4.40. The van der Waals surface area contributed by atoms with Gasteiger partial charge in [0.1, 0.15) is 0 Å². The third kappa shape index (κ3) is 16.3. The lowest BCUT2D eigenvalue weighted by molar-refractivity contribution is -0.143. The van der Waals surface area contributed by atoms with Gasteiger partial charge in [-0.05, 0) is 12.8 Å². The summed E-state index contributed by atoms with van der Waals surface area (Å²) in [4.78, 5) is 12.1. The second-order valence-corrected chi connectivity index (χ2v) is 9.51. The Morgan fingerprint density at radius 3 is 1.54 bits per heavy atom. The van der Waals surface area contributed by atoms with Crippen molar-refractivity contribution in [3.8, 4) is 0 Å². The minimum absolute atomic E-state index is 0.141. The molecule has 28 heavy (non-hydrogen) atoms. The molecule has 5 nitrogen and oxygen atoms in total. The Bertz CT molecular complexity index is 462. The zero-order chi connectivity index (χ0) is 21.1. The highest BCUT2D eigenvalue weighted by Crippen LogP contribution is 2.15. The predicted octanol–water partition coefficient (Wildman–Crippen LogP) is 6.46. The lowest BCUT2D eigenvalue weighted by Crippen LogP contribution is -2.32. The molecule has 6 heteroatoms. The summed E-state index contributed by atoms with van der Waals surface area (Å²) in [6.07, 6.45) is 17.9. The Balaban J connectivity index is 3.82. The summed E-state index contributed by atoms with van der Waals surface area (Å²) in [5, 5.41) is -1.43.